The van der Waals surface area contributed by atoms with Crippen molar-refractivity contribution in [1.29, 1.82) is 0 Å². The summed E-state index contributed by atoms with van der Waals surface area (Å²) in [6.45, 7) is 3.23. The van der Waals surface area contributed by atoms with Gasteiger partial charge in [-0.3, -0.25) is 14.6 Å². The first-order valence-electron chi connectivity index (χ1n) is 13.7. The van der Waals surface area contributed by atoms with Crippen molar-refractivity contribution >= 4 is 17.4 Å². The van der Waals surface area contributed by atoms with Crippen molar-refractivity contribution in [2.24, 2.45) is 0 Å². The Morgan fingerprint density at radius 2 is 1.61 bits per heavy atom. The number of ketones is 1. The van der Waals surface area contributed by atoms with Gasteiger partial charge in [0.15, 0.2) is 0 Å². The van der Waals surface area contributed by atoms with E-state index in [1.807, 2.05) is 54.6 Å². The van der Waals surface area contributed by atoms with Gasteiger partial charge in [0, 0.05) is 24.5 Å². The Kier molecular flexibility index (Phi) is 8.74. The maximum absolute atomic E-state index is 13.4. The van der Waals surface area contributed by atoms with Gasteiger partial charge in [-0.25, -0.2) is 0 Å². The van der Waals surface area contributed by atoms with Crippen molar-refractivity contribution in [3.05, 3.63) is 131 Å². The number of pyridine rings is 1. The predicted octanol–water partition coefficient (Wildman–Crippen LogP) is 6.46. The second-order valence-electron chi connectivity index (χ2n) is 9.86. The van der Waals surface area contributed by atoms with Crippen molar-refractivity contribution in [1.82, 2.24) is 9.88 Å². The van der Waals surface area contributed by atoms with Gasteiger partial charge in [-0.05, 0) is 59.5 Å². The topological polar surface area (TPSA) is 89.0 Å². The number of hydrogen-bond donors (Lipinski definition) is 1. The van der Waals surface area contributed by atoms with Gasteiger partial charge in [-0.2, -0.15) is 0 Å². The lowest BCUT2D eigenvalue weighted by atomic mass is 9.95. The van der Waals surface area contributed by atoms with Crippen molar-refractivity contribution in [2.75, 3.05) is 6.61 Å². The number of aliphatic hydroxyl groups is 1. The normalized spacial score (nSPS) is 16.1. The number of carbonyl (C=O) groups is 2. The van der Waals surface area contributed by atoms with Crippen LogP contribution < -0.4 is 9.47 Å². The number of hydrogen-bond acceptors (Lipinski definition) is 6. The molecule has 0 saturated carbocycles. The highest BCUT2D eigenvalue weighted by Crippen LogP contribution is 2.41. The van der Waals surface area contributed by atoms with Crippen LogP contribution >= 0.6 is 0 Å². The fraction of sp³-hybridized carbons (Fsp3) is 0.206. The summed E-state index contributed by atoms with van der Waals surface area (Å²) in [6, 6.07) is 26.9. The van der Waals surface area contributed by atoms with E-state index in [0.29, 0.717) is 35.8 Å². The summed E-state index contributed by atoms with van der Waals surface area (Å²) in [5, 5.41) is 11.5. The van der Waals surface area contributed by atoms with Crippen molar-refractivity contribution < 1.29 is 24.2 Å². The average Bonchev–Trinajstić information content (AvgIpc) is 3.26. The Bertz CT molecular complexity index is 1520. The van der Waals surface area contributed by atoms with Gasteiger partial charge in [-0.1, -0.05) is 67.9 Å². The molecule has 1 saturated heterocycles. The highest BCUT2D eigenvalue weighted by atomic mass is 16.5. The van der Waals surface area contributed by atoms with Gasteiger partial charge in [-0.15, -0.1) is 0 Å². The highest BCUT2D eigenvalue weighted by molar-refractivity contribution is 6.46. The number of Topliss-reactive ketones (excluding diaryl/α,β-unsaturated/α-hetero) is 1. The Hall–Kier alpha value is -4.91. The smallest absolute Gasteiger partial charge is 0.295 e. The van der Waals surface area contributed by atoms with Crippen LogP contribution in [0.5, 0.6) is 11.5 Å². The van der Waals surface area contributed by atoms with E-state index in [1.54, 1.807) is 48.8 Å². The molecule has 1 atom stereocenters. The molecule has 7 nitrogen and oxygen atoms in total. The standard InChI is InChI=1S/C34H32N2O5/c1-2-3-20-40-29-11-7-10-27(21-29)32(37)30-31(36(34(39)33(30)38)22-24-16-18-35-19-17-24)26-12-14-28(15-13-26)41-23-25-8-5-4-6-9-25/h4-19,21,31,37H,2-3,20,22-23H2,1H3. The SMILES string of the molecule is CCCCOc1cccc(C(O)=C2C(=O)C(=O)N(Cc3ccncc3)C2c2ccc(OCc3ccccc3)cc2)c1. The monoisotopic (exact) mass is 548 g/mol. The lowest BCUT2D eigenvalue weighted by Crippen LogP contribution is -2.29. The van der Waals surface area contributed by atoms with E-state index < -0.39 is 17.7 Å². The second-order valence-corrected chi connectivity index (χ2v) is 9.86. The van der Waals surface area contributed by atoms with Crippen LogP contribution in [-0.2, 0) is 22.7 Å². The van der Waals surface area contributed by atoms with Crippen molar-refractivity contribution in [2.45, 2.75) is 39.0 Å². The third kappa shape index (κ3) is 6.47. The van der Waals surface area contributed by atoms with Crippen LogP contribution in [0, 0.1) is 0 Å². The number of ether oxygens (including phenoxy) is 2. The number of benzene rings is 3. The van der Waals surface area contributed by atoms with Crippen molar-refractivity contribution in [3.63, 3.8) is 0 Å². The van der Waals surface area contributed by atoms with Gasteiger partial charge >= 0.3 is 0 Å². The molecule has 1 aliphatic rings. The summed E-state index contributed by atoms with van der Waals surface area (Å²) in [5.74, 6) is -0.405. The summed E-state index contributed by atoms with van der Waals surface area (Å²) in [6.07, 6.45) is 5.19. The van der Waals surface area contributed by atoms with Gasteiger partial charge < -0.3 is 19.5 Å². The zero-order chi connectivity index (χ0) is 28.6. The Balaban J connectivity index is 1.49. The Labute approximate surface area is 239 Å². The molecule has 0 aliphatic carbocycles. The fourth-order valence-electron chi connectivity index (χ4n) is 4.78. The first kappa shape index (κ1) is 27.6. The molecule has 1 fully saturated rings. The van der Waals surface area contributed by atoms with E-state index in [1.165, 1.54) is 4.90 Å². The molecule has 1 aromatic heterocycles. The summed E-state index contributed by atoms with van der Waals surface area (Å²) < 4.78 is 11.8. The zero-order valence-corrected chi connectivity index (χ0v) is 22.9. The lowest BCUT2D eigenvalue weighted by Gasteiger charge is -2.25. The van der Waals surface area contributed by atoms with E-state index in [-0.39, 0.29) is 17.9 Å². The van der Waals surface area contributed by atoms with E-state index >= 15 is 0 Å². The van der Waals surface area contributed by atoms with Crippen molar-refractivity contribution in [3.8, 4) is 11.5 Å². The summed E-state index contributed by atoms with van der Waals surface area (Å²) in [7, 11) is 0. The maximum Gasteiger partial charge on any atom is 0.295 e. The highest BCUT2D eigenvalue weighted by Gasteiger charge is 2.46. The zero-order valence-electron chi connectivity index (χ0n) is 22.9. The number of rotatable bonds is 11. The Morgan fingerprint density at radius 3 is 2.34 bits per heavy atom. The van der Waals surface area contributed by atoms with Gasteiger partial charge in [0.1, 0.15) is 23.9 Å². The van der Waals surface area contributed by atoms with E-state index in [4.69, 9.17) is 9.47 Å². The van der Waals surface area contributed by atoms with Crippen LogP contribution in [0.1, 0.15) is 48.1 Å². The lowest BCUT2D eigenvalue weighted by molar-refractivity contribution is -0.140. The first-order valence-corrected chi connectivity index (χ1v) is 13.7. The number of likely N-dealkylation sites (tertiary alicyclic amines) is 1. The predicted molar refractivity (Wildman–Crippen MR) is 156 cm³/mol. The minimum atomic E-state index is -0.795. The van der Waals surface area contributed by atoms with Crippen LogP contribution in [0.15, 0.2) is 109 Å². The fourth-order valence-corrected chi connectivity index (χ4v) is 4.78. The van der Waals surface area contributed by atoms with E-state index in [9.17, 15) is 14.7 Å². The molecule has 3 aromatic carbocycles. The molecule has 1 amide bonds. The third-order valence-electron chi connectivity index (χ3n) is 6.96. The van der Waals surface area contributed by atoms with Gasteiger partial charge in [0.2, 0.25) is 0 Å². The molecule has 208 valence electrons. The Morgan fingerprint density at radius 1 is 0.854 bits per heavy atom. The largest absolute Gasteiger partial charge is 0.507 e. The number of nitrogens with zero attached hydrogens (tertiary/aromatic N) is 2. The summed E-state index contributed by atoms with van der Waals surface area (Å²) >= 11 is 0. The minimum absolute atomic E-state index is 0.0349. The summed E-state index contributed by atoms with van der Waals surface area (Å²) in [5.41, 5.74) is 2.99. The van der Waals surface area contributed by atoms with Gasteiger partial charge in [0.25, 0.3) is 11.7 Å². The summed E-state index contributed by atoms with van der Waals surface area (Å²) in [4.78, 5) is 32.4. The molecule has 4 aromatic rings. The molecule has 0 bridgehead atoms. The molecule has 7 heteroatoms. The molecule has 2 heterocycles. The van der Waals surface area contributed by atoms with Crippen LogP contribution in [0.3, 0.4) is 0 Å². The number of aromatic nitrogens is 1. The second kappa shape index (κ2) is 13.0. The molecular weight excluding hydrogens is 516 g/mol. The minimum Gasteiger partial charge on any atom is -0.507 e. The molecule has 1 unspecified atom stereocenters. The molecule has 41 heavy (non-hydrogen) atoms. The van der Waals surface area contributed by atoms with Crippen LogP contribution in [0.4, 0.5) is 0 Å². The molecular formula is C34H32N2O5. The number of aliphatic hydroxyl groups excluding tert-OH is 1. The number of unbranched alkanes of at least 4 members (excludes halogenated alkanes) is 1. The molecule has 0 spiro atoms. The van der Waals surface area contributed by atoms with Crippen LogP contribution in [0.25, 0.3) is 5.76 Å². The average molecular weight is 549 g/mol. The van der Waals surface area contributed by atoms with E-state index in [0.717, 1.165) is 24.0 Å². The van der Waals surface area contributed by atoms with Crippen LogP contribution in [0.2, 0.25) is 0 Å². The molecule has 5 rings (SSSR count). The molecule has 1 aliphatic heterocycles. The third-order valence-corrected chi connectivity index (χ3v) is 6.96. The maximum atomic E-state index is 13.4. The first-order chi connectivity index (χ1) is 20.0. The number of amides is 1. The van der Waals surface area contributed by atoms with Gasteiger partial charge in [0.05, 0.1) is 18.2 Å². The number of carbonyl (C=O) groups excluding carboxylic acids is 2. The van der Waals surface area contributed by atoms with Crippen LogP contribution in [-0.4, -0.2) is 33.3 Å². The quantitative estimate of drug-likeness (QED) is 0.100. The molecule has 1 N–H and O–H groups in total. The molecule has 0 radical (unpaired) electrons. The van der Waals surface area contributed by atoms with E-state index in [2.05, 4.69) is 11.9 Å².